The van der Waals surface area contributed by atoms with E-state index in [2.05, 4.69) is 9.78 Å². The SMILES string of the molecule is CC(C)(OO)c1ccc(C(C)(C)OO)cc1. The number of rotatable bonds is 4. The van der Waals surface area contributed by atoms with Crippen molar-refractivity contribution in [3.63, 3.8) is 0 Å². The maximum Gasteiger partial charge on any atom is 0.123 e. The second kappa shape index (κ2) is 4.51. The molecule has 0 fully saturated rings. The Morgan fingerprint density at radius 1 is 0.750 bits per heavy atom. The van der Waals surface area contributed by atoms with E-state index in [0.29, 0.717) is 0 Å². The van der Waals surface area contributed by atoms with Crippen LogP contribution in [-0.2, 0) is 21.0 Å². The zero-order valence-corrected chi connectivity index (χ0v) is 10.0. The van der Waals surface area contributed by atoms with Crippen LogP contribution in [0.2, 0.25) is 0 Å². The molecule has 0 aliphatic heterocycles. The molecule has 0 spiro atoms. The molecule has 1 aromatic carbocycles. The lowest BCUT2D eigenvalue weighted by molar-refractivity contribution is -0.319. The van der Waals surface area contributed by atoms with Crippen molar-refractivity contribution in [1.29, 1.82) is 0 Å². The Kier molecular flexibility index (Phi) is 3.70. The standard InChI is InChI=1S/C12H18O4/c1-11(2,15-13)9-5-7-10(8-6-9)12(3,4)16-14/h5-8,13-14H,1-4H3. The molecular formula is C12H18O4. The summed E-state index contributed by atoms with van der Waals surface area (Å²) >= 11 is 0. The van der Waals surface area contributed by atoms with E-state index in [9.17, 15) is 0 Å². The Hall–Kier alpha value is -0.940. The highest BCUT2D eigenvalue weighted by molar-refractivity contribution is 5.29. The normalized spacial score (nSPS) is 12.9. The largest absolute Gasteiger partial charge is 0.251 e. The molecule has 4 heteroatoms. The van der Waals surface area contributed by atoms with Gasteiger partial charge in [0.2, 0.25) is 0 Å². The molecule has 0 unspecified atom stereocenters. The monoisotopic (exact) mass is 226 g/mol. The molecule has 0 aliphatic rings. The molecule has 0 atom stereocenters. The van der Waals surface area contributed by atoms with Gasteiger partial charge >= 0.3 is 0 Å². The summed E-state index contributed by atoms with van der Waals surface area (Å²) in [6, 6.07) is 7.30. The summed E-state index contributed by atoms with van der Waals surface area (Å²) in [6.07, 6.45) is 0. The minimum atomic E-state index is -0.747. The van der Waals surface area contributed by atoms with Gasteiger partial charge in [0, 0.05) is 0 Å². The lowest BCUT2D eigenvalue weighted by Crippen LogP contribution is -2.22. The summed E-state index contributed by atoms with van der Waals surface area (Å²) in [5.74, 6) is 0. The van der Waals surface area contributed by atoms with E-state index in [1.165, 1.54) is 0 Å². The van der Waals surface area contributed by atoms with Crippen LogP contribution < -0.4 is 0 Å². The topological polar surface area (TPSA) is 58.9 Å². The Balaban J connectivity index is 3.00. The Bertz CT molecular complexity index is 306. The zero-order valence-electron chi connectivity index (χ0n) is 10.0. The number of hydrogen-bond acceptors (Lipinski definition) is 4. The van der Waals surface area contributed by atoms with Crippen LogP contribution in [0.5, 0.6) is 0 Å². The first-order valence-electron chi connectivity index (χ1n) is 5.09. The van der Waals surface area contributed by atoms with Crippen molar-refractivity contribution in [3.8, 4) is 0 Å². The summed E-state index contributed by atoms with van der Waals surface area (Å²) < 4.78 is 0. The van der Waals surface area contributed by atoms with E-state index < -0.39 is 11.2 Å². The van der Waals surface area contributed by atoms with Crippen molar-refractivity contribution in [1.82, 2.24) is 0 Å². The minimum Gasteiger partial charge on any atom is -0.251 e. The molecule has 0 aromatic heterocycles. The highest BCUT2D eigenvalue weighted by atomic mass is 17.1. The Labute approximate surface area is 95.3 Å². The van der Waals surface area contributed by atoms with Crippen LogP contribution in [-0.4, -0.2) is 10.5 Å². The van der Waals surface area contributed by atoms with Crippen molar-refractivity contribution in [2.75, 3.05) is 0 Å². The fourth-order valence-electron chi connectivity index (χ4n) is 1.38. The molecule has 16 heavy (non-hydrogen) atoms. The van der Waals surface area contributed by atoms with Gasteiger partial charge in [0.25, 0.3) is 0 Å². The van der Waals surface area contributed by atoms with Crippen LogP contribution in [0, 0.1) is 0 Å². The summed E-state index contributed by atoms with van der Waals surface area (Å²) in [4.78, 5) is 8.79. The van der Waals surface area contributed by atoms with Crippen molar-refractivity contribution < 1.29 is 20.3 Å². The van der Waals surface area contributed by atoms with Gasteiger partial charge in [0.1, 0.15) is 11.2 Å². The van der Waals surface area contributed by atoms with Gasteiger partial charge in [-0.15, -0.1) is 0 Å². The quantitative estimate of drug-likeness (QED) is 0.611. The maximum atomic E-state index is 8.76. The van der Waals surface area contributed by atoms with Crippen molar-refractivity contribution in [2.45, 2.75) is 38.9 Å². The molecular weight excluding hydrogens is 208 g/mol. The highest BCUT2D eigenvalue weighted by Crippen LogP contribution is 2.28. The predicted molar refractivity (Wildman–Crippen MR) is 59.9 cm³/mol. The second-order valence-corrected chi connectivity index (χ2v) is 4.78. The molecule has 0 amide bonds. The molecule has 4 nitrogen and oxygen atoms in total. The van der Waals surface area contributed by atoms with E-state index in [-0.39, 0.29) is 0 Å². The average molecular weight is 226 g/mol. The van der Waals surface area contributed by atoms with Crippen LogP contribution in [0.1, 0.15) is 38.8 Å². The van der Waals surface area contributed by atoms with Gasteiger partial charge < -0.3 is 0 Å². The van der Waals surface area contributed by atoms with Crippen LogP contribution in [0.4, 0.5) is 0 Å². The first kappa shape index (κ1) is 13.1. The van der Waals surface area contributed by atoms with E-state index in [4.69, 9.17) is 10.5 Å². The van der Waals surface area contributed by atoms with E-state index >= 15 is 0 Å². The summed E-state index contributed by atoms with van der Waals surface area (Å²) in [5.41, 5.74) is 0.186. The molecule has 0 heterocycles. The highest BCUT2D eigenvalue weighted by Gasteiger charge is 2.25. The van der Waals surface area contributed by atoms with Crippen LogP contribution in [0.3, 0.4) is 0 Å². The molecule has 1 aromatic rings. The molecule has 0 saturated carbocycles. The Morgan fingerprint density at radius 2 is 1.00 bits per heavy atom. The van der Waals surface area contributed by atoms with Gasteiger partial charge in [-0.05, 0) is 38.8 Å². The lowest BCUT2D eigenvalue weighted by Gasteiger charge is -2.24. The van der Waals surface area contributed by atoms with Gasteiger partial charge in [-0.2, -0.15) is 0 Å². The van der Waals surface area contributed by atoms with Crippen LogP contribution in [0.15, 0.2) is 24.3 Å². The van der Waals surface area contributed by atoms with Crippen molar-refractivity contribution >= 4 is 0 Å². The first-order valence-corrected chi connectivity index (χ1v) is 5.09. The van der Waals surface area contributed by atoms with Crippen LogP contribution >= 0.6 is 0 Å². The van der Waals surface area contributed by atoms with Gasteiger partial charge in [0.05, 0.1) is 0 Å². The van der Waals surface area contributed by atoms with Crippen molar-refractivity contribution in [3.05, 3.63) is 35.4 Å². The molecule has 2 N–H and O–H groups in total. The lowest BCUT2D eigenvalue weighted by atomic mass is 9.92. The molecule has 0 bridgehead atoms. The van der Waals surface area contributed by atoms with E-state index in [1.54, 1.807) is 27.7 Å². The molecule has 0 radical (unpaired) electrons. The average Bonchev–Trinajstić information content (AvgIpc) is 2.29. The number of hydrogen-bond donors (Lipinski definition) is 2. The third-order valence-electron chi connectivity index (χ3n) is 2.73. The fraction of sp³-hybridized carbons (Fsp3) is 0.500. The third kappa shape index (κ3) is 2.59. The van der Waals surface area contributed by atoms with E-state index in [1.807, 2.05) is 24.3 Å². The zero-order chi connectivity index (χ0) is 12.4. The summed E-state index contributed by atoms with van der Waals surface area (Å²) in [7, 11) is 0. The summed E-state index contributed by atoms with van der Waals surface area (Å²) in [5, 5.41) is 17.5. The molecule has 1 rings (SSSR count). The molecule has 0 saturated heterocycles. The van der Waals surface area contributed by atoms with Gasteiger partial charge in [-0.1, -0.05) is 24.3 Å². The fourth-order valence-corrected chi connectivity index (χ4v) is 1.38. The van der Waals surface area contributed by atoms with Crippen LogP contribution in [0.25, 0.3) is 0 Å². The maximum absolute atomic E-state index is 8.76. The smallest absolute Gasteiger partial charge is 0.123 e. The van der Waals surface area contributed by atoms with E-state index in [0.717, 1.165) is 11.1 Å². The predicted octanol–water partition coefficient (Wildman–Crippen LogP) is 3.14. The van der Waals surface area contributed by atoms with Gasteiger partial charge in [-0.3, -0.25) is 10.5 Å². The van der Waals surface area contributed by atoms with Gasteiger partial charge in [0.15, 0.2) is 0 Å². The van der Waals surface area contributed by atoms with Crippen molar-refractivity contribution in [2.24, 2.45) is 0 Å². The third-order valence-corrected chi connectivity index (χ3v) is 2.73. The van der Waals surface area contributed by atoms with Gasteiger partial charge in [-0.25, -0.2) is 9.78 Å². The first-order chi connectivity index (χ1) is 7.33. The summed E-state index contributed by atoms with van der Waals surface area (Å²) in [6.45, 7) is 7.04. The molecule has 0 aliphatic carbocycles. The minimum absolute atomic E-state index is 0.747. The number of benzene rings is 1. The Morgan fingerprint density at radius 3 is 1.19 bits per heavy atom. The molecule has 90 valence electrons. The second-order valence-electron chi connectivity index (χ2n) is 4.78.